The van der Waals surface area contributed by atoms with Crippen LogP contribution in [0.2, 0.25) is 0 Å². The van der Waals surface area contributed by atoms with Crippen molar-refractivity contribution in [3.05, 3.63) is 24.3 Å². The van der Waals surface area contributed by atoms with Gasteiger partial charge in [0, 0.05) is 17.8 Å². The second-order valence-corrected chi connectivity index (χ2v) is 8.48. The number of methoxy groups -OCH3 is 1. The minimum Gasteiger partial charge on any atom is -0.497 e. The van der Waals surface area contributed by atoms with Gasteiger partial charge in [0.05, 0.1) is 31.7 Å². The molecule has 9 heteroatoms. The molecule has 0 bridgehead atoms. The van der Waals surface area contributed by atoms with Crippen molar-refractivity contribution in [2.75, 3.05) is 43.6 Å². The predicted molar refractivity (Wildman–Crippen MR) is 98.9 cm³/mol. The molecule has 1 aliphatic heterocycles. The van der Waals surface area contributed by atoms with Crippen LogP contribution in [0.15, 0.2) is 24.3 Å². The molecular weight excluding hydrogens is 358 g/mol. The molecular formula is C17H25N3O5S. The molecule has 1 aromatic rings. The van der Waals surface area contributed by atoms with Crippen LogP contribution >= 0.6 is 0 Å². The number of sulfone groups is 1. The lowest BCUT2D eigenvalue weighted by Gasteiger charge is -2.20. The number of hydrogen-bond donors (Lipinski definition) is 2. The fraction of sp³-hybridized carbons (Fsp3) is 0.529. The van der Waals surface area contributed by atoms with Crippen LogP contribution in [0.4, 0.5) is 5.69 Å². The SMILES string of the molecule is CCN(CC(=O)Nc1cccc(OC)c1)CC(=O)N[C@H]1CCS(=O)(=O)C1. The van der Waals surface area contributed by atoms with Gasteiger partial charge in [-0.25, -0.2) is 8.42 Å². The summed E-state index contributed by atoms with van der Waals surface area (Å²) >= 11 is 0. The molecule has 2 N–H and O–H groups in total. The van der Waals surface area contributed by atoms with Gasteiger partial charge in [0.25, 0.3) is 0 Å². The Hall–Kier alpha value is -2.13. The van der Waals surface area contributed by atoms with E-state index < -0.39 is 9.84 Å². The Bertz CT molecular complexity index is 751. The van der Waals surface area contributed by atoms with Crippen molar-refractivity contribution in [1.29, 1.82) is 0 Å². The molecule has 1 atom stereocenters. The van der Waals surface area contributed by atoms with E-state index in [-0.39, 0.29) is 42.5 Å². The average molecular weight is 383 g/mol. The van der Waals surface area contributed by atoms with Crippen LogP contribution in [0.1, 0.15) is 13.3 Å². The van der Waals surface area contributed by atoms with Gasteiger partial charge in [0.2, 0.25) is 11.8 Å². The van der Waals surface area contributed by atoms with Crippen molar-refractivity contribution in [3.8, 4) is 5.75 Å². The van der Waals surface area contributed by atoms with Crippen molar-refractivity contribution in [1.82, 2.24) is 10.2 Å². The van der Waals surface area contributed by atoms with E-state index in [1.165, 1.54) is 0 Å². The Morgan fingerprint density at radius 2 is 2.00 bits per heavy atom. The first-order chi connectivity index (χ1) is 12.3. The third-order valence-electron chi connectivity index (χ3n) is 4.13. The number of nitrogens with zero attached hydrogens (tertiary/aromatic N) is 1. The van der Waals surface area contributed by atoms with E-state index in [0.29, 0.717) is 24.4 Å². The summed E-state index contributed by atoms with van der Waals surface area (Å²) in [4.78, 5) is 26.0. The minimum absolute atomic E-state index is 0.0127. The molecule has 144 valence electrons. The number of carbonyl (C=O) groups is 2. The van der Waals surface area contributed by atoms with E-state index in [1.807, 2.05) is 6.92 Å². The highest BCUT2D eigenvalue weighted by Gasteiger charge is 2.29. The molecule has 0 spiro atoms. The van der Waals surface area contributed by atoms with Crippen LogP contribution in [-0.2, 0) is 19.4 Å². The molecule has 1 aromatic carbocycles. The summed E-state index contributed by atoms with van der Waals surface area (Å²) in [7, 11) is -1.49. The van der Waals surface area contributed by atoms with Crippen LogP contribution in [0.3, 0.4) is 0 Å². The number of nitrogens with one attached hydrogen (secondary N) is 2. The van der Waals surface area contributed by atoms with Crippen LogP contribution in [-0.4, -0.2) is 69.4 Å². The normalized spacial score (nSPS) is 18.5. The second kappa shape index (κ2) is 9.00. The molecule has 0 radical (unpaired) electrons. The Labute approximate surface area is 153 Å². The maximum atomic E-state index is 12.2. The fourth-order valence-corrected chi connectivity index (χ4v) is 4.44. The number of ether oxygens (including phenoxy) is 1. The molecule has 8 nitrogen and oxygen atoms in total. The largest absolute Gasteiger partial charge is 0.497 e. The Kier molecular flexibility index (Phi) is 6.98. The maximum absolute atomic E-state index is 12.2. The highest BCUT2D eigenvalue weighted by Crippen LogP contribution is 2.16. The Morgan fingerprint density at radius 1 is 1.27 bits per heavy atom. The third-order valence-corrected chi connectivity index (χ3v) is 5.90. The number of hydrogen-bond acceptors (Lipinski definition) is 6. The molecule has 2 rings (SSSR count). The highest BCUT2D eigenvalue weighted by molar-refractivity contribution is 7.91. The predicted octanol–water partition coefficient (Wildman–Crippen LogP) is 0.259. The van der Waals surface area contributed by atoms with Crippen LogP contribution in [0, 0.1) is 0 Å². The summed E-state index contributed by atoms with van der Waals surface area (Å²) in [5.41, 5.74) is 0.617. The molecule has 0 aromatic heterocycles. The van der Waals surface area contributed by atoms with Crippen LogP contribution in [0.25, 0.3) is 0 Å². The van der Waals surface area contributed by atoms with Gasteiger partial charge in [0.15, 0.2) is 9.84 Å². The molecule has 1 aliphatic rings. The quantitative estimate of drug-likeness (QED) is 0.667. The Balaban J connectivity index is 1.82. The van der Waals surface area contributed by atoms with Gasteiger partial charge in [-0.1, -0.05) is 13.0 Å². The van der Waals surface area contributed by atoms with Crippen LogP contribution in [0.5, 0.6) is 5.75 Å². The van der Waals surface area contributed by atoms with Gasteiger partial charge < -0.3 is 15.4 Å². The highest BCUT2D eigenvalue weighted by atomic mass is 32.2. The smallest absolute Gasteiger partial charge is 0.238 e. The summed E-state index contributed by atoms with van der Waals surface area (Å²) in [5.74, 6) is 0.222. The van der Waals surface area contributed by atoms with Crippen LogP contribution < -0.4 is 15.4 Å². The molecule has 2 amide bonds. The molecule has 1 saturated heterocycles. The summed E-state index contributed by atoms with van der Waals surface area (Å²) in [6.07, 6.45) is 0.441. The summed E-state index contributed by atoms with van der Waals surface area (Å²) in [6.45, 7) is 2.47. The van der Waals surface area contributed by atoms with Gasteiger partial charge in [-0.15, -0.1) is 0 Å². The number of rotatable bonds is 8. The van der Waals surface area contributed by atoms with Crippen molar-refractivity contribution in [2.45, 2.75) is 19.4 Å². The number of anilines is 1. The van der Waals surface area contributed by atoms with E-state index in [9.17, 15) is 18.0 Å². The molecule has 0 saturated carbocycles. The van der Waals surface area contributed by atoms with Gasteiger partial charge in [-0.2, -0.15) is 0 Å². The minimum atomic E-state index is -3.04. The zero-order chi connectivity index (χ0) is 19.2. The first-order valence-corrected chi connectivity index (χ1v) is 10.3. The van der Waals surface area contributed by atoms with E-state index in [1.54, 1.807) is 36.3 Å². The van der Waals surface area contributed by atoms with Crippen molar-refractivity contribution < 1.29 is 22.7 Å². The third kappa shape index (κ3) is 6.30. The van der Waals surface area contributed by atoms with Crippen molar-refractivity contribution >= 4 is 27.3 Å². The lowest BCUT2D eigenvalue weighted by molar-refractivity contribution is -0.123. The topological polar surface area (TPSA) is 105 Å². The zero-order valence-corrected chi connectivity index (χ0v) is 15.8. The number of likely N-dealkylation sites (N-methyl/N-ethyl adjacent to an activating group) is 1. The first kappa shape index (κ1) is 20.2. The van der Waals surface area contributed by atoms with Crippen molar-refractivity contribution in [2.24, 2.45) is 0 Å². The van der Waals surface area contributed by atoms with Gasteiger partial charge in [0.1, 0.15) is 5.75 Å². The average Bonchev–Trinajstić information content (AvgIpc) is 2.92. The van der Waals surface area contributed by atoms with E-state index in [4.69, 9.17) is 4.74 Å². The second-order valence-electron chi connectivity index (χ2n) is 6.25. The number of amides is 2. The summed E-state index contributed by atoms with van der Waals surface area (Å²) in [5, 5.41) is 5.50. The maximum Gasteiger partial charge on any atom is 0.238 e. The number of benzene rings is 1. The van der Waals surface area contributed by atoms with Gasteiger partial charge >= 0.3 is 0 Å². The molecule has 26 heavy (non-hydrogen) atoms. The molecule has 1 heterocycles. The lowest BCUT2D eigenvalue weighted by atomic mass is 10.2. The van der Waals surface area contributed by atoms with Crippen molar-refractivity contribution in [3.63, 3.8) is 0 Å². The van der Waals surface area contributed by atoms with E-state index in [2.05, 4.69) is 10.6 Å². The first-order valence-electron chi connectivity index (χ1n) is 8.47. The van der Waals surface area contributed by atoms with E-state index in [0.717, 1.165) is 0 Å². The lowest BCUT2D eigenvalue weighted by Crippen LogP contribution is -2.44. The monoisotopic (exact) mass is 383 g/mol. The zero-order valence-electron chi connectivity index (χ0n) is 15.0. The summed E-state index contributed by atoms with van der Waals surface area (Å²) < 4.78 is 28.0. The standard InChI is InChI=1S/C17H25N3O5S/c1-3-20(11-17(22)19-14-7-8-26(23,24)12-14)10-16(21)18-13-5-4-6-15(9-13)25-2/h4-6,9,14H,3,7-8,10-12H2,1-2H3,(H,18,21)(H,19,22)/t14-/m0/s1. The molecule has 1 fully saturated rings. The number of carbonyl (C=O) groups excluding carboxylic acids is 2. The Morgan fingerprint density at radius 3 is 2.62 bits per heavy atom. The van der Waals surface area contributed by atoms with Gasteiger partial charge in [-0.3, -0.25) is 14.5 Å². The fourth-order valence-electron chi connectivity index (χ4n) is 2.77. The summed E-state index contributed by atoms with van der Waals surface area (Å²) in [6, 6.07) is 6.68. The van der Waals surface area contributed by atoms with Gasteiger partial charge in [-0.05, 0) is 25.1 Å². The molecule has 0 aliphatic carbocycles. The van der Waals surface area contributed by atoms with E-state index >= 15 is 0 Å². The molecule has 0 unspecified atom stereocenters.